The summed E-state index contributed by atoms with van der Waals surface area (Å²) in [5.74, 6) is 2.73. The molecule has 8 heteroatoms. The normalized spacial score (nSPS) is 18.5. The highest BCUT2D eigenvalue weighted by atomic mass is 16.5. The molecule has 0 spiro atoms. The van der Waals surface area contributed by atoms with E-state index in [9.17, 15) is 4.79 Å². The van der Waals surface area contributed by atoms with Gasteiger partial charge in [0.2, 0.25) is 11.9 Å². The third kappa shape index (κ3) is 4.62. The van der Waals surface area contributed by atoms with Gasteiger partial charge in [-0.25, -0.2) is 4.98 Å². The highest BCUT2D eigenvalue weighted by molar-refractivity contribution is 5.91. The van der Waals surface area contributed by atoms with Gasteiger partial charge in [-0.2, -0.15) is 4.98 Å². The second kappa shape index (κ2) is 9.58. The molecule has 2 N–H and O–H groups in total. The first kappa shape index (κ1) is 21.5. The molecule has 0 radical (unpaired) electrons. The smallest absolute Gasteiger partial charge is 0.228 e. The minimum atomic E-state index is 0.196. The lowest BCUT2D eigenvalue weighted by Crippen LogP contribution is -2.51. The Balaban J connectivity index is 1.46. The Morgan fingerprint density at radius 3 is 2.19 bits per heavy atom. The molecule has 1 aromatic carbocycles. The summed E-state index contributed by atoms with van der Waals surface area (Å²) < 4.78 is 10.8. The Morgan fingerprint density at radius 1 is 0.935 bits per heavy atom. The van der Waals surface area contributed by atoms with Crippen LogP contribution >= 0.6 is 0 Å². The molecule has 31 heavy (non-hydrogen) atoms. The van der Waals surface area contributed by atoms with Crippen LogP contribution in [0.15, 0.2) is 12.1 Å². The minimum absolute atomic E-state index is 0.196. The van der Waals surface area contributed by atoms with Crippen molar-refractivity contribution in [3.05, 3.63) is 12.1 Å². The number of nitrogen functional groups attached to an aromatic ring is 1. The van der Waals surface area contributed by atoms with E-state index < -0.39 is 0 Å². The SMILES string of the molecule is COc1cc2nc(N3CCN(C(=O)C4CCCCCCC4)CC3)nc(N)c2cc1OC. The molecule has 2 heterocycles. The van der Waals surface area contributed by atoms with Crippen LogP contribution in [-0.2, 0) is 4.79 Å². The summed E-state index contributed by atoms with van der Waals surface area (Å²) in [6.45, 7) is 2.80. The maximum atomic E-state index is 13.1. The van der Waals surface area contributed by atoms with E-state index in [1.54, 1.807) is 20.3 Å². The van der Waals surface area contributed by atoms with Crippen LogP contribution in [0, 0.1) is 5.92 Å². The summed E-state index contributed by atoms with van der Waals surface area (Å²) in [5, 5.41) is 0.736. The van der Waals surface area contributed by atoms with Crippen molar-refractivity contribution in [2.24, 2.45) is 5.92 Å². The van der Waals surface area contributed by atoms with E-state index in [0.29, 0.717) is 60.9 Å². The molecular formula is C23H33N5O3. The van der Waals surface area contributed by atoms with E-state index in [4.69, 9.17) is 20.2 Å². The van der Waals surface area contributed by atoms with E-state index in [0.717, 1.165) is 18.2 Å². The number of nitrogens with zero attached hydrogens (tertiary/aromatic N) is 4. The number of rotatable bonds is 4. The number of ether oxygens (including phenoxy) is 2. The standard InChI is InChI=1S/C23H33N5O3/c1-30-19-14-17-18(15-20(19)31-2)25-23(26-21(17)24)28-12-10-27(11-13-28)22(29)16-8-6-4-3-5-7-9-16/h14-16H,3-13H2,1-2H3,(H2,24,25,26). The van der Waals surface area contributed by atoms with E-state index in [2.05, 4.69) is 9.88 Å². The first-order valence-corrected chi connectivity index (χ1v) is 11.3. The van der Waals surface area contributed by atoms with Crippen LogP contribution in [0.25, 0.3) is 10.9 Å². The van der Waals surface area contributed by atoms with Gasteiger partial charge in [0.05, 0.1) is 19.7 Å². The predicted molar refractivity (Wildman–Crippen MR) is 122 cm³/mol. The molecular weight excluding hydrogens is 394 g/mol. The van der Waals surface area contributed by atoms with Crippen molar-refractivity contribution in [3.63, 3.8) is 0 Å². The average Bonchev–Trinajstić information content (AvgIpc) is 2.77. The van der Waals surface area contributed by atoms with Gasteiger partial charge in [0.1, 0.15) is 5.82 Å². The van der Waals surface area contributed by atoms with Crippen LogP contribution in [0.4, 0.5) is 11.8 Å². The molecule has 2 fully saturated rings. The van der Waals surface area contributed by atoms with Crippen LogP contribution < -0.4 is 20.1 Å². The van der Waals surface area contributed by atoms with Crippen LogP contribution in [0.3, 0.4) is 0 Å². The molecule has 0 bridgehead atoms. The molecule has 8 nitrogen and oxygen atoms in total. The number of aromatic nitrogens is 2. The van der Waals surface area contributed by atoms with Gasteiger partial charge >= 0.3 is 0 Å². The fourth-order valence-electron chi connectivity index (χ4n) is 4.70. The van der Waals surface area contributed by atoms with Gasteiger partial charge < -0.3 is 25.0 Å². The number of anilines is 2. The van der Waals surface area contributed by atoms with Crippen molar-refractivity contribution in [1.82, 2.24) is 14.9 Å². The van der Waals surface area contributed by atoms with Crippen LogP contribution in [0.2, 0.25) is 0 Å². The van der Waals surface area contributed by atoms with E-state index in [1.165, 1.54) is 32.1 Å². The van der Waals surface area contributed by atoms with Crippen LogP contribution in [0.1, 0.15) is 44.9 Å². The monoisotopic (exact) mass is 427 g/mol. The van der Waals surface area contributed by atoms with Crippen molar-refractivity contribution in [3.8, 4) is 11.5 Å². The van der Waals surface area contributed by atoms with Gasteiger partial charge in [-0.15, -0.1) is 0 Å². The van der Waals surface area contributed by atoms with Crippen LogP contribution in [-0.4, -0.2) is 61.2 Å². The largest absolute Gasteiger partial charge is 0.493 e. The molecule has 2 aromatic rings. The van der Waals surface area contributed by atoms with Crippen molar-refractivity contribution >= 4 is 28.6 Å². The number of amides is 1. The number of hydrogen-bond donors (Lipinski definition) is 1. The second-order valence-corrected chi connectivity index (χ2v) is 8.49. The van der Waals surface area contributed by atoms with Crippen molar-refractivity contribution in [1.29, 1.82) is 0 Å². The number of methoxy groups -OCH3 is 2. The molecule has 1 aliphatic heterocycles. The quantitative estimate of drug-likeness (QED) is 0.800. The van der Waals surface area contributed by atoms with E-state index in [1.807, 2.05) is 11.0 Å². The second-order valence-electron chi connectivity index (χ2n) is 8.49. The summed E-state index contributed by atoms with van der Waals surface area (Å²) in [6, 6.07) is 3.63. The lowest BCUT2D eigenvalue weighted by molar-refractivity contribution is -0.136. The number of piperazine rings is 1. The molecule has 1 amide bonds. The lowest BCUT2D eigenvalue weighted by Gasteiger charge is -2.37. The first-order chi connectivity index (χ1) is 15.1. The van der Waals surface area contributed by atoms with Gasteiger partial charge in [-0.3, -0.25) is 4.79 Å². The average molecular weight is 428 g/mol. The summed E-state index contributed by atoms with van der Waals surface area (Å²) in [7, 11) is 3.19. The minimum Gasteiger partial charge on any atom is -0.493 e. The summed E-state index contributed by atoms with van der Waals surface area (Å²) >= 11 is 0. The number of benzene rings is 1. The molecule has 0 atom stereocenters. The zero-order chi connectivity index (χ0) is 21.8. The zero-order valence-electron chi connectivity index (χ0n) is 18.6. The predicted octanol–water partition coefficient (Wildman–Crippen LogP) is 3.24. The van der Waals surface area contributed by atoms with E-state index >= 15 is 0 Å². The third-order valence-electron chi connectivity index (χ3n) is 6.55. The summed E-state index contributed by atoms with van der Waals surface area (Å²) in [6.07, 6.45) is 8.25. The molecule has 0 unspecified atom stereocenters. The third-order valence-corrected chi connectivity index (χ3v) is 6.55. The number of carbonyl (C=O) groups is 1. The number of carbonyl (C=O) groups excluding carboxylic acids is 1. The van der Waals surface area contributed by atoms with Gasteiger partial charge in [-0.05, 0) is 18.9 Å². The Hall–Kier alpha value is -2.77. The Labute approximate surface area is 183 Å². The van der Waals surface area contributed by atoms with Crippen LogP contribution in [0.5, 0.6) is 11.5 Å². The van der Waals surface area contributed by atoms with Crippen molar-refractivity contribution in [2.75, 3.05) is 51.0 Å². The summed E-state index contributed by atoms with van der Waals surface area (Å²) in [5.41, 5.74) is 6.96. The fourth-order valence-corrected chi connectivity index (χ4v) is 4.70. The van der Waals surface area contributed by atoms with Gasteiger partial charge in [0, 0.05) is 43.5 Å². The maximum absolute atomic E-state index is 13.1. The van der Waals surface area contributed by atoms with E-state index in [-0.39, 0.29) is 5.92 Å². The highest BCUT2D eigenvalue weighted by Crippen LogP contribution is 2.34. The Bertz CT molecular complexity index is 919. The fraction of sp³-hybridized carbons (Fsp3) is 0.609. The molecule has 1 aromatic heterocycles. The van der Waals surface area contributed by atoms with Gasteiger partial charge in [0.25, 0.3) is 0 Å². The number of nitrogens with two attached hydrogens (primary N) is 1. The van der Waals surface area contributed by atoms with Gasteiger partial charge in [0.15, 0.2) is 11.5 Å². The van der Waals surface area contributed by atoms with Gasteiger partial charge in [-0.1, -0.05) is 32.1 Å². The molecule has 4 rings (SSSR count). The first-order valence-electron chi connectivity index (χ1n) is 11.3. The molecule has 1 saturated carbocycles. The number of fused-ring (bicyclic) bond motifs is 1. The molecule has 1 aliphatic carbocycles. The Kier molecular flexibility index (Phi) is 6.63. The molecule has 1 saturated heterocycles. The molecule has 168 valence electrons. The highest BCUT2D eigenvalue weighted by Gasteiger charge is 2.28. The Morgan fingerprint density at radius 2 is 1.55 bits per heavy atom. The van der Waals surface area contributed by atoms with Crippen molar-refractivity contribution < 1.29 is 14.3 Å². The topological polar surface area (TPSA) is 93.8 Å². The summed E-state index contributed by atoms with van der Waals surface area (Å²) in [4.78, 5) is 26.4. The number of hydrogen-bond acceptors (Lipinski definition) is 7. The zero-order valence-corrected chi connectivity index (χ0v) is 18.6. The molecule has 2 aliphatic rings. The maximum Gasteiger partial charge on any atom is 0.228 e. The van der Waals surface area contributed by atoms with Crippen molar-refractivity contribution in [2.45, 2.75) is 44.9 Å². The lowest BCUT2D eigenvalue weighted by atomic mass is 9.90.